The monoisotopic (exact) mass is 640 g/mol. The van der Waals surface area contributed by atoms with Gasteiger partial charge in [0.2, 0.25) is 5.91 Å². The lowest BCUT2D eigenvalue weighted by Crippen LogP contribution is -2.52. The molecule has 2 bridgehead atoms. The van der Waals surface area contributed by atoms with E-state index in [0.717, 1.165) is 86.9 Å². The fourth-order valence-electron chi connectivity index (χ4n) is 8.73. The van der Waals surface area contributed by atoms with Gasteiger partial charge in [-0.1, -0.05) is 19.1 Å². The zero-order valence-corrected chi connectivity index (χ0v) is 28.9. The lowest BCUT2D eigenvalue weighted by atomic mass is 9.51. The van der Waals surface area contributed by atoms with Gasteiger partial charge in [0, 0.05) is 36.5 Å². The standard InChI is InChI=1S/C39H52N4O4/c1-26(2)43-24-32(23-41-43)31-12-19-40-35(22-31)42(36(44)30-8-6-29(7-9-30)20-28(4)37(45)46)25-38-13-16-39(17-14-38,18-15-38)33-10-11-34(47-5)27(3)21-33/h10-12,19,21-24,26,28-30H,6-9,13-18,20,25H2,1-5H3,(H,45,46). The van der Waals surface area contributed by atoms with Crippen LogP contribution in [0.3, 0.4) is 0 Å². The minimum absolute atomic E-state index is 0.0644. The van der Waals surface area contributed by atoms with Crippen molar-refractivity contribution in [1.82, 2.24) is 14.8 Å². The Morgan fingerprint density at radius 2 is 1.70 bits per heavy atom. The first-order chi connectivity index (χ1) is 22.5. The predicted octanol–water partition coefficient (Wildman–Crippen LogP) is 8.39. The van der Waals surface area contributed by atoms with E-state index in [1.807, 2.05) is 28.0 Å². The molecule has 0 spiro atoms. The number of rotatable bonds is 11. The molecule has 0 aliphatic heterocycles. The van der Waals surface area contributed by atoms with Crippen molar-refractivity contribution in [3.05, 3.63) is 60.0 Å². The van der Waals surface area contributed by atoms with Gasteiger partial charge in [-0.25, -0.2) is 4.98 Å². The van der Waals surface area contributed by atoms with Crippen LogP contribution in [0.4, 0.5) is 5.82 Å². The maximum atomic E-state index is 14.6. The second-order valence-corrected chi connectivity index (χ2v) is 15.3. The minimum atomic E-state index is -0.732. The molecule has 1 aromatic carbocycles. The summed E-state index contributed by atoms with van der Waals surface area (Å²) in [6, 6.07) is 11.1. The maximum Gasteiger partial charge on any atom is 0.306 e. The van der Waals surface area contributed by atoms with Crippen LogP contribution in [0, 0.1) is 30.1 Å². The van der Waals surface area contributed by atoms with Crippen LogP contribution in [0.25, 0.3) is 11.1 Å². The summed E-state index contributed by atoms with van der Waals surface area (Å²) >= 11 is 0. The first-order valence-electron chi connectivity index (χ1n) is 17.7. The summed E-state index contributed by atoms with van der Waals surface area (Å²) in [4.78, 5) is 32.9. The smallest absolute Gasteiger partial charge is 0.306 e. The number of benzene rings is 1. The molecule has 2 heterocycles. The Hall–Kier alpha value is -3.68. The highest BCUT2D eigenvalue weighted by atomic mass is 16.5. The molecule has 8 heteroatoms. The van der Waals surface area contributed by atoms with Crippen molar-refractivity contribution >= 4 is 17.7 Å². The number of anilines is 1. The number of hydrogen-bond donors (Lipinski definition) is 1. The zero-order chi connectivity index (χ0) is 33.3. The predicted molar refractivity (Wildman–Crippen MR) is 185 cm³/mol. The van der Waals surface area contributed by atoms with Gasteiger partial charge in [0.15, 0.2) is 0 Å². The van der Waals surface area contributed by atoms with Crippen molar-refractivity contribution in [1.29, 1.82) is 0 Å². The molecular weight excluding hydrogens is 588 g/mol. The highest BCUT2D eigenvalue weighted by Crippen LogP contribution is 2.58. The molecule has 0 saturated heterocycles. The van der Waals surface area contributed by atoms with Crippen LogP contribution < -0.4 is 9.64 Å². The Bertz CT molecular complexity index is 1560. The van der Waals surface area contributed by atoms with Crippen LogP contribution in [-0.4, -0.2) is 45.4 Å². The van der Waals surface area contributed by atoms with E-state index in [9.17, 15) is 14.7 Å². The summed E-state index contributed by atoms with van der Waals surface area (Å²) < 4.78 is 7.51. The summed E-state index contributed by atoms with van der Waals surface area (Å²) in [5, 5.41) is 14.0. The van der Waals surface area contributed by atoms with Crippen molar-refractivity contribution in [3.63, 3.8) is 0 Å². The van der Waals surface area contributed by atoms with E-state index in [-0.39, 0.29) is 34.6 Å². The van der Waals surface area contributed by atoms with Gasteiger partial charge in [-0.2, -0.15) is 5.10 Å². The molecule has 2 aromatic heterocycles. The first-order valence-corrected chi connectivity index (χ1v) is 17.7. The van der Waals surface area contributed by atoms with Gasteiger partial charge in [-0.05, 0) is 143 Å². The van der Waals surface area contributed by atoms with E-state index in [1.54, 1.807) is 14.0 Å². The van der Waals surface area contributed by atoms with Crippen LogP contribution >= 0.6 is 0 Å². The van der Waals surface area contributed by atoms with Gasteiger partial charge in [0.1, 0.15) is 11.6 Å². The van der Waals surface area contributed by atoms with E-state index in [0.29, 0.717) is 18.9 Å². The van der Waals surface area contributed by atoms with E-state index in [4.69, 9.17) is 9.72 Å². The van der Waals surface area contributed by atoms with Crippen molar-refractivity contribution in [2.24, 2.45) is 23.2 Å². The Kier molecular flexibility index (Phi) is 9.50. The molecule has 252 valence electrons. The Labute approximate surface area is 279 Å². The number of aryl methyl sites for hydroxylation is 1. The number of carboxylic acids is 1. The van der Waals surface area contributed by atoms with Gasteiger partial charge in [-0.3, -0.25) is 19.2 Å². The highest BCUT2D eigenvalue weighted by molar-refractivity contribution is 5.95. The van der Waals surface area contributed by atoms with Gasteiger partial charge < -0.3 is 9.84 Å². The summed E-state index contributed by atoms with van der Waals surface area (Å²) in [7, 11) is 1.73. The number of carbonyl (C=O) groups is 2. The normalized spacial score (nSPS) is 26.3. The number of ether oxygens (including phenoxy) is 1. The van der Waals surface area contributed by atoms with Crippen LogP contribution in [-0.2, 0) is 15.0 Å². The van der Waals surface area contributed by atoms with Crippen molar-refractivity contribution in [2.75, 3.05) is 18.6 Å². The molecule has 7 rings (SSSR count). The molecule has 4 aliphatic rings. The molecular formula is C39H52N4O4. The van der Waals surface area contributed by atoms with Crippen molar-refractivity contribution in [3.8, 4) is 16.9 Å². The van der Waals surface area contributed by atoms with Gasteiger partial charge in [0.25, 0.3) is 0 Å². The average Bonchev–Trinajstić information content (AvgIpc) is 3.59. The number of fused-ring (bicyclic) bond motifs is 3. The molecule has 4 fully saturated rings. The minimum Gasteiger partial charge on any atom is -0.496 e. The maximum absolute atomic E-state index is 14.6. The van der Waals surface area contributed by atoms with Crippen LogP contribution in [0.2, 0.25) is 0 Å². The molecule has 4 aliphatic carbocycles. The van der Waals surface area contributed by atoms with E-state index >= 15 is 0 Å². The number of amides is 1. The molecule has 3 aromatic rings. The quantitative estimate of drug-likeness (QED) is 0.226. The molecule has 8 nitrogen and oxygen atoms in total. The number of aliphatic carboxylic acids is 1. The largest absolute Gasteiger partial charge is 0.496 e. The van der Waals surface area contributed by atoms with E-state index in [2.05, 4.69) is 56.3 Å². The molecule has 4 saturated carbocycles. The van der Waals surface area contributed by atoms with Crippen molar-refractivity contribution in [2.45, 2.75) is 110 Å². The van der Waals surface area contributed by atoms with E-state index in [1.165, 1.54) is 11.1 Å². The van der Waals surface area contributed by atoms with E-state index < -0.39 is 5.97 Å². The number of carbonyl (C=O) groups excluding carboxylic acids is 1. The van der Waals surface area contributed by atoms with Crippen LogP contribution in [0.15, 0.2) is 48.9 Å². The zero-order valence-electron chi connectivity index (χ0n) is 28.9. The number of methoxy groups -OCH3 is 1. The Morgan fingerprint density at radius 3 is 2.30 bits per heavy atom. The van der Waals surface area contributed by atoms with Gasteiger partial charge in [0.05, 0.1) is 19.2 Å². The lowest BCUT2D eigenvalue weighted by molar-refractivity contribution is -0.142. The summed E-state index contributed by atoms with van der Waals surface area (Å²) in [5.74, 6) is 1.07. The summed E-state index contributed by atoms with van der Waals surface area (Å²) in [6.07, 6.45) is 16.6. The molecule has 1 unspecified atom stereocenters. The fourth-order valence-corrected chi connectivity index (χ4v) is 8.73. The lowest BCUT2D eigenvalue weighted by Gasteiger charge is -2.55. The molecule has 1 amide bonds. The van der Waals surface area contributed by atoms with Gasteiger partial charge >= 0.3 is 5.97 Å². The number of nitrogens with zero attached hydrogens (tertiary/aromatic N) is 4. The summed E-state index contributed by atoms with van der Waals surface area (Å²) in [5.41, 5.74) is 4.94. The number of carboxylic acid groups (broad SMARTS) is 1. The second-order valence-electron chi connectivity index (χ2n) is 15.3. The van der Waals surface area contributed by atoms with Crippen LogP contribution in [0.1, 0.15) is 109 Å². The third-order valence-corrected chi connectivity index (χ3v) is 12.0. The number of aromatic nitrogens is 3. The Balaban J connectivity index is 1.24. The first kappa shape index (κ1) is 33.2. The molecule has 1 atom stereocenters. The molecule has 1 N–H and O–H groups in total. The SMILES string of the molecule is COc1ccc(C23CCC(CN(C(=O)C4CCC(CC(C)C(=O)O)CC4)c4cc(-c5cnn(C(C)C)c5)ccn4)(CC2)CC3)cc1C. The van der Waals surface area contributed by atoms with Gasteiger partial charge in [-0.15, -0.1) is 0 Å². The third kappa shape index (κ3) is 6.84. The van der Waals surface area contributed by atoms with Crippen LogP contribution in [0.5, 0.6) is 5.75 Å². The number of hydrogen-bond acceptors (Lipinski definition) is 5. The molecule has 0 radical (unpaired) electrons. The van der Waals surface area contributed by atoms with Crippen molar-refractivity contribution < 1.29 is 19.4 Å². The topological polar surface area (TPSA) is 97.5 Å². The second kappa shape index (κ2) is 13.4. The third-order valence-electron chi connectivity index (χ3n) is 12.0. The highest BCUT2D eigenvalue weighted by Gasteiger charge is 2.51. The molecule has 47 heavy (non-hydrogen) atoms. The summed E-state index contributed by atoms with van der Waals surface area (Å²) in [6.45, 7) is 8.85. The average molecular weight is 641 g/mol. The fraction of sp³-hybridized carbons (Fsp3) is 0.590. The Morgan fingerprint density at radius 1 is 1.00 bits per heavy atom. The number of pyridine rings is 1.